The van der Waals surface area contributed by atoms with E-state index in [1.807, 2.05) is 12.2 Å². The van der Waals surface area contributed by atoms with E-state index in [9.17, 15) is 9.59 Å². The van der Waals surface area contributed by atoms with E-state index in [0.29, 0.717) is 62.9 Å². The number of carbonyl (C=O) groups excluding carboxylic acids is 2. The fourth-order valence-electron chi connectivity index (χ4n) is 8.83. The number of fused-ring (bicyclic) bond motifs is 8. The molecule has 10 nitrogen and oxygen atoms in total. The van der Waals surface area contributed by atoms with Crippen LogP contribution in [0.5, 0.6) is 0 Å². The van der Waals surface area contributed by atoms with E-state index in [0.717, 1.165) is 102 Å². The van der Waals surface area contributed by atoms with Gasteiger partial charge in [-0.25, -0.2) is 9.97 Å². The lowest BCUT2D eigenvalue weighted by molar-refractivity contribution is -0.121. The predicted molar refractivity (Wildman–Crippen MR) is 254 cm³/mol. The van der Waals surface area contributed by atoms with Gasteiger partial charge in [0.1, 0.15) is 0 Å². The first-order valence-electron chi connectivity index (χ1n) is 21.9. The summed E-state index contributed by atoms with van der Waals surface area (Å²) in [5.74, 6) is 0.0328. The molecule has 0 saturated carbocycles. The van der Waals surface area contributed by atoms with Crippen molar-refractivity contribution in [2.45, 2.75) is 133 Å². The molecule has 2 amide bonds. The lowest BCUT2D eigenvalue weighted by Crippen LogP contribution is -2.42. The molecule has 3 aromatic heterocycles. The third-order valence-electron chi connectivity index (χ3n) is 12.3. The largest absolute Gasteiger partial charge is 0.355 e. The molecule has 0 radical (unpaired) electrons. The van der Waals surface area contributed by atoms with Crippen LogP contribution in [0.3, 0.4) is 0 Å². The van der Waals surface area contributed by atoms with Crippen molar-refractivity contribution < 1.29 is 9.59 Å². The third-order valence-corrected chi connectivity index (χ3v) is 12.3. The molecule has 0 spiro atoms. The van der Waals surface area contributed by atoms with E-state index in [2.05, 4.69) is 151 Å². The maximum Gasteiger partial charge on any atom is 0.220 e. The van der Waals surface area contributed by atoms with Crippen molar-refractivity contribution in [2.24, 2.45) is 0 Å². The van der Waals surface area contributed by atoms with Gasteiger partial charge in [0.25, 0.3) is 0 Å². The monoisotopic (exact) mass is 815 g/mol. The summed E-state index contributed by atoms with van der Waals surface area (Å²) in [5, 5.41) is 6.33. The van der Waals surface area contributed by atoms with Crippen molar-refractivity contribution >= 4 is 68.3 Å². The van der Waals surface area contributed by atoms with E-state index in [1.54, 1.807) is 0 Å². The van der Waals surface area contributed by atoms with Crippen LogP contribution in [0.1, 0.15) is 140 Å². The van der Waals surface area contributed by atoms with Gasteiger partial charge in [0, 0.05) is 96.4 Å². The average Bonchev–Trinajstić information content (AvgIpc) is 3.84. The standard InChI is InChI=1S/C50H70N8O2/c1-15-37-33(11)41-25-42-35(13)39(17-19-49(59)51-21-23-57(29(3)4)30(5)6)47(55-42)28-48-40(18-20-50(60)52-22-24-58(31(7)8)32(9)10)36(14)44(56-48)27-46-38(16-2)34(12)43(54-46)26-45(37)53-41/h15-16,25-32,53-54H,1-2,17-24H2,3-14H3,(H,51,59)(H,52,60). The topological polar surface area (TPSA) is 122 Å². The Labute approximate surface area is 358 Å². The fraction of sp³-hybridized carbons (Fsp3) is 0.480. The van der Waals surface area contributed by atoms with E-state index >= 15 is 0 Å². The predicted octanol–water partition coefficient (Wildman–Crippen LogP) is 10.1. The summed E-state index contributed by atoms with van der Waals surface area (Å²) in [6.07, 6.45) is 5.49. The van der Waals surface area contributed by atoms with Crippen LogP contribution < -0.4 is 10.6 Å². The molecular weight excluding hydrogens is 745 g/mol. The Balaban J connectivity index is 1.59. The summed E-state index contributed by atoms with van der Waals surface area (Å²) in [5.41, 5.74) is 15.2. The number of carbonyl (C=O) groups is 2. The van der Waals surface area contributed by atoms with Gasteiger partial charge in [-0.3, -0.25) is 19.4 Å². The zero-order valence-electron chi connectivity index (χ0n) is 38.4. The van der Waals surface area contributed by atoms with E-state index in [1.165, 1.54) is 0 Å². The number of rotatable bonds is 18. The molecule has 3 aromatic rings. The minimum Gasteiger partial charge on any atom is -0.355 e. The van der Waals surface area contributed by atoms with Gasteiger partial charge in [-0.05, 0) is 154 Å². The van der Waals surface area contributed by atoms with Crippen molar-refractivity contribution in [2.75, 3.05) is 26.2 Å². The van der Waals surface area contributed by atoms with Crippen molar-refractivity contribution in [1.82, 2.24) is 40.4 Å². The van der Waals surface area contributed by atoms with Crippen molar-refractivity contribution in [3.05, 3.63) is 82.5 Å². The normalized spacial score (nSPS) is 13.2. The number of H-pyrrole nitrogens is 2. The molecule has 322 valence electrons. The van der Waals surface area contributed by atoms with Crippen LogP contribution in [0.15, 0.2) is 37.4 Å². The Morgan fingerprint density at radius 2 is 0.950 bits per heavy atom. The van der Waals surface area contributed by atoms with Crippen LogP contribution in [0.2, 0.25) is 0 Å². The second-order valence-corrected chi connectivity index (χ2v) is 17.5. The zero-order chi connectivity index (χ0) is 44.0. The molecule has 5 heterocycles. The maximum absolute atomic E-state index is 13.4. The SMILES string of the molecule is C=Cc1c(C)c2cc3[nH]c(cc4nc(cc5nc(cc1[nH]2)C(C)=C5CCC(=O)NCCN(C(C)C)C(C)C)C(CCC(=O)NCCN(C(C)C)C(C)C)=C4C)c(C)c3C=C. The number of nitrogens with one attached hydrogen (secondary N) is 4. The van der Waals surface area contributed by atoms with Crippen molar-refractivity contribution in [3.63, 3.8) is 0 Å². The first-order chi connectivity index (χ1) is 28.4. The van der Waals surface area contributed by atoms with Gasteiger partial charge in [0.2, 0.25) is 11.8 Å². The van der Waals surface area contributed by atoms with Gasteiger partial charge in [-0.15, -0.1) is 0 Å². The minimum absolute atomic E-state index is 0.0159. The summed E-state index contributed by atoms with van der Waals surface area (Å²) in [6.45, 7) is 37.0. The molecule has 0 aliphatic carbocycles. The minimum atomic E-state index is 0.0159. The molecule has 0 unspecified atom stereocenters. The smallest absolute Gasteiger partial charge is 0.220 e. The van der Waals surface area contributed by atoms with Crippen LogP contribution in [-0.2, 0) is 9.59 Å². The first kappa shape index (κ1) is 46.0. The van der Waals surface area contributed by atoms with Gasteiger partial charge in [0.05, 0.1) is 22.8 Å². The maximum atomic E-state index is 13.4. The number of hydrogen-bond acceptors (Lipinski definition) is 6. The molecule has 4 N–H and O–H groups in total. The van der Waals surface area contributed by atoms with Crippen LogP contribution in [-0.4, -0.2) is 91.9 Å². The Morgan fingerprint density at radius 1 is 0.583 bits per heavy atom. The van der Waals surface area contributed by atoms with Gasteiger partial charge in [0.15, 0.2) is 0 Å². The number of amides is 2. The Morgan fingerprint density at radius 3 is 1.33 bits per heavy atom. The summed E-state index contributed by atoms with van der Waals surface area (Å²) in [4.78, 5) is 49.3. The first-order valence-corrected chi connectivity index (χ1v) is 21.9. The van der Waals surface area contributed by atoms with E-state index in [4.69, 9.17) is 9.97 Å². The fourth-order valence-corrected chi connectivity index (χ4v) is 8.83. The highest BCUT2D eigenvalue weighted by Crippen LogP contribution is 2.38. The molecule has 2 aliphatic heterocycles. The van der Waals surface area contributed by atoms with Gasteiger partial charge in [-0.2, -0.15) is 0 Å². The molecular formula is C50H70N8O2. The lowest BCUT2D eigenvalue weighted by atomic mass is 9.98. The van der Waals surface area contributed by atoms with Gasteiger partial charge < -0.3 is 20.6 Å². The Hall–Kier alpha value is -5.06. The zero-order valence-corrected chi connectivity index (χ0v) is 38.4. The number of hydrogen-bond donors (Lipinski definition) is 4. The highest BCUT2D eigenvalue weighted by Gasteiger charge is 2.24. The molecule has 8 bridgehead atoms. The lowest BCUT2D eigenvalue weighted by Gasteiger charge is -2.30. The van der Waals surface area contributed by atoms with Crippen LogP contribution in [0, 0.1) is 13.8 Å². The highest BCUT2D eigenvalue weighted by atomic mass is 16.2. The Bertz CT molecular complexity index is 2320. The quantitative estimate of drug-likeness (QED) is 0.101. The molecule has 2 aliphatic rings. The molecule has 0 fully saturated rings. The average molecular weight is 815 g/mol. The molecule has 0 aromatic carbocycles. The van der Waals surface area contributed by atoms with Gasteiger partial charge >= 0.3 is 0 Å². The molecule has 0 saturated heterocycles. The molecule has 5 rings (SSSR count). The second-order valence-electron chi connectivity index (χ2n) is 17.5. The molecule has 60 heavy (non-hydrogen) atoms. The van der Waals surface area contributed by atoms with Crippen LogP contribution >= 0.6 is 0 Å². The van der Waals surface area contributed by atoms with E-state index in [-0.39, 0.29) is 11.8 Å². The highest BCUT2D eigenvalue weighted by molar-refractivity contribution is 5.97. The summed E-state index contributed by atoms with van der Waals surface area (Å²) in [6, 6.07) is 9.97. The number of nitrogens with zero attached hydrogens (tertiary/aromatic N) is 4. The van der Waals surface area contributed by atoms with E-state index < -0.39 is 0 Å². The number of aromatic nitrogens is 4. The molecule has 0 atom stereocenters. The Kier molecular flexibility index (Phi) is 15.3. The molecule has 10 heteroatoms. The summed E-state index contributed by atoms with van der Waals surface area (Å²) >= 11 is 0. The number of aromatic amines is 2. The van der Waals surface area contributed by atoms with Crippen LogP contribution in [0.25, 0.3) is 56.5 Å². The number of aryl methyl sites for hydroxylation is 2. The van der Waals surface area contributed by atoms with Crippen molar-refractivity contribution in [3.8, 4) is 0 Å². The second kappa shape index (κ2) is 20.0. The summed E-state index contributed by atoms with van der Waals surface area (Å²) in [7, 11) is 0. The van der Waals surface area contributed by atoms with Crippen LogP contribution in [0.4, 0.5) is 0 Å². The summed E-state index contributed by atoms with van der Waals surface area (Å²) < 4.78 is 0. The number of allylic oxidation sites excluding steroid dienone is 4. The van der Waals surface area contributed by atoms with Gasteiger partial charge in [-0.1, -0.05) is 25.3 Å². The van der Waals surface area contributed by atoms with Crippen molar-refractivity contribution in [1.29, 1.82) is 0 Å². The third kappa shape index (κ3) is 10.4.